The van der Waals surface area contributed by atoms with Crippen LogP contribution in [0.3, 0.4) is 0 Å². The van der Waals surface area contributed by atoms with E-state index in [1.165, 1.54) is 23.1 Å². The van der Waals surface area contributed by atoms with E-state index in [4.69, 9.17) is 4.98 Å². The predicted molar refractivity (Wildman–Crippen MR) is 138 cm³/mol. The maximum Gasteiger partial charge on any atom is 0.264 e. The first-order valence-electron chi connectivity index (χ1n) is 10.5. The van der Waals surface area contributed by atoms with Crippen LogP contribution in [0.2, 0.25) is 0 Å². The van der Waals surface area contributed by atoms with Gasteiger partial charge < -0.3 is 0 Å². The molecule has 36 heavy (non-hydrogen) atoms. The molecule has 0 saturated heterocycles. The molecule has 0 bridgehead atoms. The van der Waals surface area contributed by atoms with Crippen LogP contribution in [0.25, 0.3) is 32.0 Å². The minimum absolute atomic E-state index is 0.232. The number of anilines is 1. The third-order valence-corrected chi connectivity index (χ3v) is 8.35. The number of fused-ring (bicyclic) bond motifs is 1. The topological polar surface area (TPSA) is 97.7 Å². The number of thioether (sulfide) groups is 1. The summed E-state index contributed by atoms with van der Waals surface area (Å²) in [4.78, 5) is 17.8. The van der Waals surface area contributed by atoms with Gasteiger partial charge in [-0.1, -0.05) is 35.2 Å². The maximum atomic E-state index is 14.1. The largest absolute Gasteiger partial charge is 0.279 e. The standard InChI is InChI=1S/C24H17F2N5O2S3/c1-13-17(4-3-5-19(13)31-36(32,33)21-9-16(25)6-7-18(21)26)22-30-20-8-14(10-27-23(20)35-22)15-11-28-24(34-2)29-12-15/h3-12,31H,1-2H3. The summed E-state index contributed by atoms with van der Waals surface area (Å²) in [5.74, 6) is -1.89. The van der Waals surface area contributed by atoms with Crippen molar-refractivity contribution < 1.29 is 17.2 Å². The van der Waals surface area contributed by atoms with Gasteiger partial charge in [0.2, 0.25) is 0 Å². The Hall–Kier alpha value is -3.48. The van der Waals surface area contributed by atoms with Crippen molar-refractivity contribution in [2.24, 2.45) is 0 Å². The molecule has 182 valence electrons. The molecule has 5 rings (SSSR count). The van der Waals surface area contributed by atoms with Crippen molar-refractivity contribution in [1.29, 1.82) is 0 Å². The number of nitrogens with one attached hydrogen (secondary N) is 1. The summed E-state index contributed by atoms with van der Waals surface area (Å²) in [5, 5.41) is 1.31. The molecule has 0 aliphatic carbocycles. The zero-order valence-electron chi connectivity index (χ0n) is 18.9. The summed E-state index contributed by atoms with van der Waals surface area (Å²) in [7, 11) is -4.36. The van der Waals surface area contributed by atoms with E-state index < -0.39 is 26.6 Å². The van der Waals surface area contributed by atoms with Crippen LogP contribution >= 0.6 is 23.1 Å². The Morgan fingerprint density at radius 2 is 1.72 bits per heavy atom. The van der Waals surface area contributed by atoms with Gasteiger partial charge in [-0.2, -0.15) is 0 Å². The Morgan fingerprint density at radius 3 is 2.47 bits per heavy atom. The predicted octanol–water partition coefficient (Wildman–Crippen LogP) is 5.92. The van der Waals surface area contributed by atoms with Crippen LogP contribution in [0, 0.1) is 18.6 Å². The van der Waals surface area contributed by atoms with Crippen molar-refractivity contribution >= 4 is 49.2 Å². The van der Waals surface area contributed by atoms with Crippen molar-refractivity contribution in [2.75, 3.05) is 11.0 Å². The Balaban J connectivity index is 1.49. The number of benzene rings is 2. The molecule has 3 heterocycles. The molecule has 0 aliphatic rings. The fourth-order valence-corrected chi connectivity index (χ4v) is 6.03. The molecule has 0 aliphatic heterocycles. The lowest BCUT2D eigenvalue weighted by Gasteiger charge is -2.13. The third kappa shape index (κ3) is 4.66. The summed E-state index contributed by atoms with van der Waals surface area (Å²) in [6.45, 7) is 1.73. The molecular weight excluding hydrogens is 524 g/mol. The Morgan fingerprint density at radius 1 is 0.972 bits per heavy atom. The number of halogens is 2. The van der Waals surface area contributed by atoms with Crippen molar-refractivity contribution in [3.63, 3.8) is 0 Å². The molecule has 2 aromatic carbocycles. The van der Waals surface area contributed by atoms with Crippen molar-refractivity contribution in [2.45, 2.75) is 17.0 Å². The molecule has 0 fully saturated rings. The number of hydrogen-bond acceptors (Lipinski definition) is 8. The van der Waals surface area contributed by atoms with Crippen LogP contribution in [-0.4, -0.2) is 34.6 Å². The Labute approximate surface area is 213 Å². The fraction of sp³-hybridized carbons (Fsp3) is 0.0833. The van der Waals surface area contributed by atoms with Crippen molar-refractivity contribution in [3.8, 4) is 21.7 Å². The molecule has 0 spiro atoms. The van der Waals surface area contributed by atoms with Crippen LogP contribution in [0.4, 0.5) is 14.5 Å². The number of rotatable bonds is 6. The summed E-state index contributed by atoms with van der Waals surface area (Å²) >= 11 is 2.81. The summed E-state index contributed by atoms with van der Waals surface area (Å²) in [5.41, 5.74) is 3.81. The van der Waals surface area contributed by atoms with E-state index >= 15 is 0 Å². The van der Waals surface area contributed by atoms with E-state index in [-0.39, 0.29) is 5.69 Å². The van der Waals surface area contributed by atoms with Crippen LogP contribution < -0.4 is 4.72 Å². The molecule has 0 unspecified atom stereocenters. The highest BCUT2D eigenvalue weighted by atomic mass is 32.2. The first-order valence-corrected chi connectivity index (χ1v) is 14.0. The lowest BCUT2D eigenvalue weighted by molar-refractivity contribution is 0.555. The highest BCUT2D eigenvalue weighted by Gasteiger charge is 2.22. The number of pyridine rings is 1. The minimum atomic E-state index is -4.36. The average molecular weight is 542 g/mol. The highest BCUT2D eigenvalue weighted by Crippen LogP contribution is 2.35. The molecule has 12 heteroatoms. The Bertz CT molecular complexity index is 1710. The highest BCUT2D eigenvalue weighted by molar-refractivity contribution is 7.98. The van der Waals surface area contributed by atoms with Gasteiger partial charge in [-0.3, -0.25) is 4.72 Å². The smallest absolute Gasteiger partial charge is 0.264 e. The number of thiazole rings is 1. The second-order valence-corrected chi connectivity index (χ2v) is 11.1. The van der Waals surface area contributed by atoms with Gasteiger partial charge in [-0.25, -0.2) is 37.1 Å². The van der Waals surface area contributed by atoms with Crippen LogP contribution in [0.5, 0.6) is 0 Å². The first-order chi connectivity index (χ1) is 17.2. The second kappa shape index (κ2) is 9.52. The summed E-state index contributed by atoms with van der Waals surface area (Å²) < 4.78 is 55.6. The SMILES string of the molecule is CSc1ncc(-c2cnc3sc(-c4cccc(NS(=O)(=O)c5cc(F)ccc5F)c4C)nc3c2)cn1. The number of nitrogens with zero attached hydrogens (tertiary/aromatic N) is 4. The van der Waals surface area contributed by atoms with Crippen molar-refractivity contribution in [1.82, 2.24) is 19.9 Å². The summed E-state index contributed by atoms with van der Waals surface area (Å²) in [6, 6.07) is 9.20. The van der Waals surface area contributed by atoms with Gasteiger partial charge in [0.1, 0.15) is 31.9 Å². The van der Waals surface area contributed by atoms with Crippen LogP contribution in [0.15, 0.2) is 71.1 Å². The fourth-order valence-electron chi connectivity index (χ4n) is 3.53. The third-order valence-electron chi connectivity index (χ3n) is 5.38. The number of hydrogen-bond donors (Lipinski definition) is 1. The van der Waals surface area contributed by atoms with E-state index in [1.54, 1.807) is 37.6 Å². The van der Waals surface area contributed by atoms with E-state index in [0.717, 1.165) is 23.3 Å². The molecule has 5 aromatic rings. The normalized spacial score (nSPS) is 11.7. The zero-order valence-corrected chi connectivity index (χ0v) is 21.3. The van der Waals surface area contributed by atoms with Gasteiger partial charge in [0, 0.05) is 35.3 Å². The lowest BCUT2D eigenvalue weighted by Crippen LogP contribution is -2.15. The number of sulfonamides is 1. The van der Waals surface area contributed by atoms with E-state index in [9.17, 15) is 17.2 Å². The first kappa shape index (κ1) is 24.2. The average Bonchev–Trinajstić information content (AvgIpc) is 3.30. The van der Waals surface area contributed by atoms with E-state index in [0.29, 0.717) is 37.7 Å². The quantitative estimate of drug-likeness (QED) is 0.210. The van der Waals surface area contributed by atoms with Gasteiger partial charge in [0.15, 0.2) is 5.16 Å². The Kier molecular flexibility index (Phi) is 6.41. The van der Waals surface area contributed by atoms with Gasteiger partial charge in [0.25, 0.3) is 10.0 Å². The molecule has 1 N–H and O–H groups in total. The second-order valence-electron chi connectivity index (χ2n) is 7.68. The lowest BCUT2D eigenvalue weighted by atomic mass is 10.1. The zero-order chi connectivity index (χ0) is 25.4. The number of aromatic nitrogens is 4. The van der Waals surface area contributed by atoms with Crippen LogP contribution in [-0.2, 0) is 10.0 Å². The van der Waals surface area contributed by atoms with Crippen molar-refractivity contribution in [3.05, 3.63) is 78.3 Å². The summed E-state index contributed by atoms with van der Waals surface area (Å²) in [6.07, 6.45) is 7.10. The van der Waals surface area contributed by atoms with Gasteiger partial charge >= 0.3 is 0 Å². The van der Waals surface area contributed by atoms with Gasteiger partial charge in [-0.15, -0.1) is 0 Å². The van der Waals surface area contributed by atoms with E-state index in [1.807, 2.05) is 18.4 Å². The monoisotopic (exact) mass is 541 g/mol. The molecular formula is C24H17F2N5O2S3. The molecule has 0 radical (unpaired) electrons. The van der Waals surface area contributed by atoms with Gasteiger partial charge in [-0.05, 0) is 49.1 Å². The molecule has 3 aromatic heterocycles. The molecule has 0 amide bonds. The van der Waals surface area contributed by atoms with E-state index in [2.05, 4.69) is 19.7 Å². The molecule has 0 atom stereocenters. The molecule has 0 saturated carbocycles. The van der Waals surface area contributed by atoms with Crippen LogP contribution in [0.1, 0.15) is 5.56 Å². The minimum Gasteiger partial charge on any atom is -0.279 e. The van der Waals surface area contributed by atoms with Gasteiger partial charge in [0.05, 0.1) is 5.69 Å². The maximum absolute atomic E-state index is 14.1. The molecule has 7 nitrogen and oxygen atoms in total.